The van der Waals surface area contributed by atoms with Gasteiger partial charge in [-0.25, -0.2) is 9.78 Å². The SMILES string of the molecule is CN(C)C(=O)N1CCN(C(=O)c2ncccc2Br)CC1. The van der Waals surface area contributed by atoms with Crippen LogP contribution in [0.1, 0.15) is 10.5 Å². The van der Waals surface area contributed by atoms with Gasteiger partial charge in [-0.1, -0.05) is 0 Å². The van der Waals surface area contributed by atoms with E-state index >= 15 is 0 Å². The van der Waals surface area contributed by atoms with Crippen molar-refractivity contribution in [3.63, 3.8) is 0 Å². The summed E-state index contributed by atoms with van der Waals surface area (Å²) in [5, 5.41) is 0. The number of pyridine rings is 1. The molecule has 0 spiro atoms. The highest BCUT2D eigenvalue weighted by Crippen LogP contribution is 2.16. The van der Waals surface area contributed by atoms with Gasteiger partial charge in [0, 0.05) is 50.9 Å². The molecule has 1 aliphatic rings. The summed E-state index contributed by atoms with van der Waals surface area (Å²) in [4.78, 5) is 33.3. The number of nitrogens with zero attached hydrogens (tertiary/aromatic N) is 4. The Kier molecular flexibility index (Phi) is 4.59. The summed E-state index contributed by atoms with van der Waals surface area (Å²) in [5.74, 6) is -0.102. The van der Waals surface area contributed by atoms with Crippen molar-refractivity contribution in [2.45, 2.75) is 0 Å². The number of rotatable bonds is 1. The van der Waals surface area contributed by atoms with E-state index in [4.69, 9.17) is 0 Å². The summed E-state index contributed by atoms with van der Waals surface area (Å²) in [6, 6.07) is 3.55. The number of amides is 3. The second kappa shape index (κ2) is 6.21. The molecule has 20 heavy (non-hydrogen) atoms. The molecule has 0 unspecified atom stereocenters. The number of aromatic nitrogens is 1. The van der Waals surface area contributed by atoms with E-state index in [9.17, 15) is 9.59 Å². The van der Waals surface area contributed by atoms with Gasteiger partial charge in [0.05, 0.1) is 0 Å². The third-order valence-corrected chi connectivity index (χ3v) is 3.82. The summed E-state index contributed by atoms with van der Waals surface area (Å²) in [7, 11) is 3.45. The van der Waals surface area contributed by atoms with Gasteiger partial charge in [0.2, 0.25) is 0 Å². The van der Waals surface area contributed by atoms with E-state index < -0.39 is 0 Å². The molecule has 0 saturated carbocycles. The third-order valence-electron chi connectivity index (χ3n) is 3.18. The third kappa shape index (κ3) is 3.09. The molecule has 6 nitrogen and oxygen atoms in total. The molecule has 0 bridgehead atoms. The number of halogens is 1. The van der Waals surface area contributed by atoms with E-state index in [2.05, 4.69) is 20.9 Å². The van der Waals surface area contributed by atoms with Crippen molar-refractivity contribution in [2.75, 3.05) is 40.3 Å². The number of hydrogen-bond donors (Lipinski definition) is 0. The lowest BCUT2D eigenvalue weighted by molar-refractivity contribution is 0.0643. The van der Waals surface area contributed by atoms with Crippen molar-refractivity contribution < 1.29 is 9.59 Å². The van der Waals surface area contributed by atoms with Crippen molar-refractivity contribution >= 4 is 27.9 Å². The first-order chi connectivity index (χ1) is 9.50. The molecule has 2 heterocycles. The molecule has 0 N–H and O–H groups in total. The Morgan fingerprint density at radius 3 is 2.35 bits per heavy atom. The molecule has 1 aromatic heterocycles. The van der Waals surface area contributed by atoms with Gasteiger partial charge in [0.15, 0.2) is 0 Å². The first-order valence-electron chi connectivity index (χ1n) is 6.36. The molecule has 0 atom stereocenters. The van der Waals surface area contributed by atoms with Crippen molar-refractivity contribution in [1.29, 1.82) is 0 Å². The Morgan fingerprint density at radius 2 is 1.80 bits per heavy atom. The molecule has 0 aromatic carbocycles. The smallest absolute Gasteiger partial charge is 0.319 e. The van der Waals surface area contributed by atoms with Crippen molar-refractivity contribution in [3.05, 3.63) is 28.5 Å². The van der Waals surface area contributed by atoms with E-state index in [0.717, 1.165) is 0 Å². The lowest BCUT2D eigenvalue weighted by Crippen LogP contribution is -2.53. The Labute approximate surface area is 126 Å². The van der Waals surface area contributed by atoms with Crippen molar-refractivity contribution in [3.8, 4) is 0 Å². The van der Waals surface area contributed by atoms with Crippen LogP contribution >= 0.6 is 15.9 Å². The lowest BCUT2D eigenvalue weighted by Gasteiger charge is -2.35. The molecule has 1 fully saturated rings. The number of urea groups is 1. The minimum Gasteiger partial charge on any atom is -0.334 e. The number of hydrogen-bond acceptors (Lipinski definition) is 3. The molecule has 0 radical (unpaired) electrons. The van der Waals surface area contributed by atoms with Crippen LogP contribution in [0.25, 0.3) is 0 Å². The fraction of sp³-hybridized carbons (Fsp3) is 0.462. The van der Waals surface area contributed by atoms with Crippen LogP contribution in [0.2, 0.25) is 0 Å². The lowest BCUT2D eigenvalue weighted by atomic mass is 10.2. The molecule has 1 aliphatic heterocycles. The maximum atomic E-state index is 12.4. The largest absolute Gasteiger partial charge is 0.334 e. The Balaban J connectivity index is 1.99. The monoisotopic (exact) mass is 340 g/mol. The molecule has 3 amide bonds. The van der Waals surface area contributed by atoms with Gasteiger partial charge >= 0.3 is 6.03 Å². The van der Waals surface area contributed by atoms with Crippen LogP contribution in [0.3, 0.4) is 0 Å². The zero-order valence-electron chi connectivity index (χ0n) is 11.5. The Morgan fingerprint density at radius 1 is 1.20 bits per heavy atom. The standard InChI is InChI=1S/C13H17BrN4O2/c1-16(2)13(20)18-8-6-17(7-9-18)12(19)11-10(14)4-3-5-15-11/h3-5H,6-9H2,1-2H3. The van der Waals surface area contributed by atoms with E-state index in [-0.39, 0.29) is 11.9 Å². The highest BCUT2D eigenvalue weighted by molar-refractivity contribution is 9.10. The van der Waals surface area contributed by atoms with Gasteiger partial charge in [-0.15, -0.1) is 0 Å². The molecule has 1 aromatic rings. The van der Waals surface area contributed by atoms with Gasteiger partial charge in [0.25, 0.3) is 5.91 Å². The average molecular weight is 341 g/mol. The normalized spacial score (nSPS) is 15.2. The van der Waals surface area contributed by atoms with E-state index in [1.807, 2.05) is 0 Å². The first-order valence-corrected chi connectivity index (χ1v) is 7.16. The molecule has 2 rings (SSSR count). The van der Waals surface area contributed by atoms with E-state index in [1.54, 1.807) is 47.1 Å². The average Bonchev–Trinajstić information content (AvgIpc) is 2.46. The predicted octanol–water partition coefficient (Wildman–Crippen LogP) is 1.28. The predicted molar refractivity (Wildman–Crippen MR) is 78.5 cm³/mol. The number of carbonyl (C=O) groups excluding carboxylic acids is 2. The van der Waals surface area contributed by atoms with Gasteiger partial charge in [-0.2, -0.15) is 0 Å². The zero-order chi connectivity index (χ0) is 14.7. The van der Waals surface area contributed by atoms with Crippen molar-refractivity contribution in [2.24, 2.45) is 0 Å². The summed E-state index contributed by atoms with van der Waals surface area (Å²) < 4.78 is 0.691. The molecular formula is C13H17BrN4O2. The van der Waals surface area contributed by atoms with Crippen LogP contribution in [-0.2, 0) is 0 Å². The van der Waals surface area contributed by atoms with Crippen LogP contribution in [0.5, 0.6) is 0 Å². The number of carbonyl (C=O) groups is 2. The summed E-state index contributed by atoms with van der Waals surface area (Å²) >= 11 is 3.34. The Hall–Kier alpha value is -1.63. The fourth-order valence-corrected chi connectivity index (χ4v) is 2.50. The van der Waals surface area contributed by atoms with Crippen LogP contribution in [0.4, 0.5) is 4.79 Å². The maximum absolute atomic E-state index is 12.4. The molecule has 108 valence electrons. The van der Waals surface area contributed by atoms with Crippen LogP contribution < -0.4 is 0 Å². The molecule has 7 heteroatoms. The minimum atomic E-state index is -0.102. The van der Waals surface area contributed by atoms with E-state index in [1.165, 1.54) is 0 Å². The molecule has 0 aliphatic carbocycles. The second-order valence-electron chi connectivity index (χ2n) is 4.79. The van der Waals surface area contributed by atoms with Crippen LogP contribution in [0, 0.1) is 0 Å². The zero-order valence-corrected chi connectivity index (χ0v) is 13.1. The topological polar surface area (TPSA) is 56.8 Å². The fourth-order valence-electron chi connectivity index (χ4n) is 2.08. The van der Waals surface area contributed by atoms with Gasteiger partial charge in [-0.05, 0) is 28.1 Å². The quantitative estimate of drug-likeness (QED) is 0.773. The van der Waals surface area contributed by atoms with Gasteiger partial charge < -0.3 is 14.7 Å². The van der Waals surface area contributed by atoms with E-state index in [0.29, 0.717) is 36.3 Å². The first kappa shape index (κ1) is 14.8. The minimum absolute atomic E-state index is 0.0175. The van der Waals surface area contributed by atoms with Crippen LogP contribution in [-0.4, -0.2) is 71.9 Å². The highest BCUT2D eigenvalue weighted by Gasteiger charge is 2.26. The second-order valence-corrected chi connectivity index (χ2v) is 5.64. The summed E-state index contributed by atoms with van der Waals surface area (Å²) in [6.45, 7) is 2.16. The molecule has 1 saturated heterocycles. The summed E-state index contributed by atoms with van der Waals surface area (Å²) in [5.41, 5.74) is 0.417. The Bertz CT molecular complexity index is 513. The summed E-state index contributed by atoms with van der Waals surface area (Å²) in [6.07, 6.45) is 1.60. The molecular weight excluding hydrogens is 324 g/mol. The van der Waals surface area contributed by atoms with Gasteiger partial charge in [0.1, 0.15) is 5.69 Å². The number of piperazine rings is 1. The van der Waals surface area contributed by atoms with Crippen molar-refractivity contribution in [1.82, 2.24) is 19.7 Å². The maximum Gasteiger partial charge on any atom is 0.319 e. The van der Waals surface area contributed by atoms with Crippen LogP contribution in [0.15, 0.2) is 22.8 Å². The highest BCUT2D eigenvalue weighted by atomic mass is 79.9. The van der Waals surface area contributed by atoms with Gasteiger partial charge in [-0.3, -0.25) is 4.79 Å².